The zero-order valence-corrected chi connectivity index (χ0v) is 12.0. The lowest BCUT2D eigenvalue weighted by Crippen LogP contribution is -2.30. The Morgan fingerprint density at radius 2 is 1.84 bits per heavy atom. The van der Waals surface area contributed by atoms with Crippen LogP contribution >= 0.6 is 27.5 Å². The van der Waals surface area contributed by atoms with Crippen molar-refractivity contribution < 1.29 is 8.78 Å². The fraction of sp³-hybridized carbons (Fsp3) is 0.0769. The van der Waals surface area contributed by atoms with E-state index in [1.807, 2.05) is 0 Å². The van der Waals surface area contributed by atoms with Gasteiger partial charge in [-0.2, -0.15) is 0 Å². The van der Waals surface area contributed by atoms with Crippen molar-refractivity contribution in [3.05, 3.63) is 68.7 Å². The molecule has 19 heavy (non-hydrogen) atoms. The standard InChI is InChI=1S/C13H10BrClF2N2/c14-11-5-7(15)1-3-9(11)13(19-18)10-6-8(16)2-4-12(10)17/h1-6,13,19H,18H2. The highest BCUT2D eigenvalue weighted by atomic mass is 79.9. The summed E-state index contributed by atoms with van der Waals surface area (Å²) in [7, 11) is 0. The van der Waals surface area contributed by atoms with Crippen LogP contribution in [0, 0.1) is 11.6 Å². The Morgan fingerprint density at radius 3 is 2.47 bits per heavy atom. The maximum Gasteiger partial charge on any atom is 0.128 e. The average Bonchev–Trinajstić information content (AvgIpc) is 2.36. The first kappa shape index (κ1) is 14.4. The Bertz CT molecular complexity index is 607. The molecule has 2 aromatic carbocycles. The quantitative estimate of drug-likeness (QED) is 0.652. The monoisotopic (exact) mass is 346 g/mol. The number of halogens is 4. The molecule has 2 aromatic rings. The van der Waals surface area contributed by atoms with Crippen molar-refractivity contribution in [2.45, 2.75) is 6.04 Å². The van der Waals surface area contributed by atoms with Gasteiger partial charge in [0, 0.05) is 15.1 Å². The lowest BCUT2D eigenvalue weighted by Gasteiger charge is -2.19. The fourth-order valence-electron chi connectivity index (χ4n) is 1.82. The highest BCUT2D eigenvalue weighted by Gasteiger charge is 2.19. The van der Waals surface area contributed by atoms with E-state index in [-0.39, 0.29) is 5.56 Å². The Labute approximate surface area is 122 Å². The van der Waals surface area contributed by atoms with Gasteiger partial charge in [0.25, 0.3) is 0 Å². The van der Waals surface area contributed by atoms with E-state index in [0.29, 0.717) is 15.1 Å². The van der Waals surface area contributed by atoms with Crippen LogP contribution in [0.1, 0.15) is 17.2 Å². The molecule has 0 saturated carbocycles. The molecular formula is C13H10BrClF2N2. The summed E-state index contributed by atoms with van der Waals surface area (Å²) in [6.07, 6.45) is 0. The minimum Gasteiger partial charge on any atom is -0.271 e. The van der Waals surface area contributed by atoms with Gasteiger partial charge in [-0.15, -0.1) is 0 Å². The van der Waals surface area contributed by atoms with Crippen LogP contribution in [-0.4, -0.2) is 0 Å². The van der Waals surface area contributed by atoms with Crippen LogP contribution in [-0.2, 0) is 0 Å². The van der Waals surface area contributed by atoms with Crippen LogP contribution in [0.3, 0.4) is 0 Å². The van der Waals surface area contributed by atoms with E-state index >= 15 is 0 Å². The topological polar surface area (TPSA) is 38.0 Å². The normalized spacial score (nSPS) is 12.5. The van der Waals surface area contributed by atoms with Crippen LogP contribution < -0.4 is 11.3 Å². The Hall–Kier alpha value is -1.01. The molecule has 2 nitrogen and oxygen atoms in total. The maximum atomic E-state index is 13.8. The maximum absolute atomic E-state index is 13.8. The van der Waals surface area contributed by atoms with Gasteiger partial charge in [-0.3, -0.25) is 5.84 Å². The molecule has 2 rings (SSSR count). The van der Waals surface area contributed by atoms with Crippen molar-refractivity contribution in [3.63, 3.8) is 0 Å². The smallest absolute Gasteiger partial charge is 0.128 e. The summed E-state index contributed by atoms with van der Waals surface area (Å²) < 4.78 is 27.7. The van der Waals surface area contributed by atoms with Gasteiger partial charge in [0.2, 0.25) is 0 Å². The number of benzene rings is 2. The van der Waals surface area contributed by atoms with Crippen LogP contribution in [0.15, 0.2) is 40.9 Å². The molecule has 3 N–H and O–H groups in total. The molecule has 0 aliphatic carbocycles. The van der Waals surface area contributed by atoms with E-state index in [0.717, 1.165) is 18.2 Å². The molecule has 0 aromatic heterocycles. The van der Waals surface area contributed by atoms with Gasteiger partial charge in [0.15, 0.2) is 0 Å². The molecule has 1 atom stereocenters. The molecule has 1 unspecified atom stereocenters. The second-order valence-corrected chi connectivity index (χ2v) is 5.22. The summed E-state index contributed by atoms with van der Waals surface area (Å²) in [5.74, 6) is 4.41. The number of rotatable bonds is 3. The van der Waals surface area contributed by atoms with Gasteiger partial charge >= 0.3 is 0 Å². The third-order valence-corrected chi connectivity index (χ3v) is 3.63. The van der Waals surface area contributed by atoms with Gasteiger partial charge in [0.05, 0.1) is 6.04 Å². The summed E-state index contributed by atoms with van der Waals surface area (Å²) in [5.41, 5.74) is 3.28. The first-order valence-corrected chi connectivity index (χ1v) is 6.56. The van der Waals surface area contributed by atoms with E-state index in [1.165, 1.54) is 0 Å². The summed E-state index contributed by atoms with van der Waals surface area (Å²) in [6, 6.07) is 7.58. The molecule has 6 heteroatoms. The average molecular weight is 348 g/mol. The van der Waals surface area contributed by atoms with Crippen LogP contribution in [0.25, 0.3) is 0 Å². The molecule has 0 radical (unpaired) electrons. The molecular weight excluding hydrogens is 338 g/mol. The zero-order valence-electron chi connectivity index (χ0n) is 9.63. The molecule has 0 aliphatic heterocycles. The highest BCUT2D eigenvalue weighted by Crippen LogP contribution is 2.31. The number of hydrogen-bond donors (Lipinski definition) is 2. The van der Waals surface area contributed by atoms with Crippen LogP contribution in [0.4, 0.5) is 8.78 Å². The lowest BCUT2D eigenvalue weighted by molar-refractivity contribution is 0.545. The van der Waals surface area contributed by atoms with Crippen molar-refractivity contribution in [3.8, 4) is 0 Å². The highest BCUT2D eigenvalue weighted by molar-refractivity contribution is 9.10. The molecule has 0 heterocycles. The second kappa shape index (κ2) is 5.96. The van der Waals surface area contributed by atoms with E-state index in [4.69, 9.17) is 17.4 Å². The summed E-state index contributed by atoms with van der Waals surface area (Å²) in [4.78, 5) is 0. The third kappa shape index (κ3) is 3.12. The van der Waals surface area contributed by atoms with E-state index in [1.54, 1.807) is 18.2 Å². The lowest BCUT2D eigenvalue weighted by atomic mass is 9.99. The number of nitrogens with one attached hydrogen (secondary N) is 1. The van der Waals surface area contributed by atoms with Crippen molar-refractivity contribution in [1.29, 1.82) is 0 Å². The minimum absolute atomic E-state index is 0.130. The summed E-state index contributed by atoms with van der Waals surface area (Å²) in [5, 5.41) is 0.533. The van der Waals surface area contributed by atoms with Crippen molar-refractivity contribution in [2.75, 3.05) is 0 Å². The molecule has 0 aliphatic rings. The Balaban J connectivity index is 2.52. The summed E-state index contributed by atoms with van der Waals surface area (Å²) in [6.45, 7) is 0. The van der Waals surface area contributed by atoms with Gasteiger partial charge in [0.1, 0.15) is 11.6 Å². The van der Waals surface area contributed by atoms with E-state index in [9.17, 15) is 8.78 Å². The molecule has 100 valence electrons. The SMILES string of the molecule is NNC(c1cc(F)ccc1F)c1ccc(Cl)cc1Br. The fourth-order valence-corrected chi connectivity index (χ4v) is 2.73. The predicted octanol–water partition coefficient (Wildman–Crippen LogP) is 3.93. The van der Waals surface area contributed by atoms with E-state index in [2.05, 4.69) is 21.4 Å². The minimum atomic E-state index is -0.678. The van der Waals surface area contributed by atoms with Crippen molar-refractivity contribution in [2.24, 2.45) is 5.84 Å². The van der Waals surface area contributed by atoms with Gasteiger partial charge in [-0.1, -0.05) is 33.6 Å². The van der Waals surface area contributed by atoms with Gasteiger partial charge in [-0.25, -0.2) is 14.2 Å². The molecule has 0 fully saturated rings. The number of nitrogens with two attached hydrogens (primary N) is 1. The van der Waals surface area contributed by atoms with Gasteiger partial charge < -0.3 is 0 Å². The molecule has 0 saturated heterocycles. The first-order valence-electron chi connectivity index (χ1n) is 5.39. The largest absolute Gasteiger partial charge is 0.271 e. The number of hydrazine groups is 1. The first-order chi connectivity index (χ1) is 9.02. The van der Waals surface area contributed by atoms with Crippen LogP contribution in [0.2, 0.25) is 5.02 Å². The Kier molecular flexibility index (Phi) is 4.52. The Morgan fingerprint density at radius 1 is 1.11 bits per heavy atom. The second-order valence-electron chi connectivity index (χ2n) is 3.93. The van der Waals surface area contributed by atoms with Crippen LogP contribution in [0.5, 0.6) is 0 Å². The van der Waals surface area contributed by atoms with Crippen molar-refractivity contribution in [1.82, 2.24) is 5.43 Å². The summed E-state index contributed by atoms with van der Waals surface area (Å²) >= 11 is 9.18. The van der Waals surface area contributed by atoms with Crippen molar-refractivity contribution >= 4 is 27.5 Å². The third-order valence-electron chi connectivity index (χ3n) is 2.71. The molecule has 0 bridgehead atoms. The van der Waals surface area contributed by atoms with E-state index < -0.39 is 17.7 Å². The zero-order chi connectivity index (χ0) is 14.0. The number of hydrogen-bond acceptors (Lipinski definition) is 2. The van der Waals surface area contributed by atoms with Gasteiger partial charge in [-0.05, 0) is 35.9 Å². The molecule has 0 spiro atoms. The molecule has 0 amide bonds. The predicted molar refractivity (Wildman–Crippen MR) is 74.7 cm³/mol.